The van der Waals surface area contributed by atoms with Crippen LogP contribution >= 0.6 is 0 Å². The summed E-state index contributed by atoms with van der Waals surface area (Å²) >= 11 is 0. The topological polar surface area (TPSA) is 199 Å². The molecule has 1 aromatic heterocycles. The van der Waals surface area contributed by atoms with E-state index in [0.717, 1.165) is 76.5 Å². The average Bonchev–Trinajstić information content (AvgIpc) is 3.86. The Bertz CT molecular complexity index is 1170. The highest BCUT2D eigenvalue weighted by Crippen LogP contribution is 2.10. The van der Waals surface area contributed by atoms with Crippen LogP contribution < -0.4 is 34.4 Å². The second-order valence-electron chi connectivity index (χ2n) is 11.1. The first kappa shape index (κ1) is 38.5. The van der Waals surface area contributed by atoms with Crippen LogP contribution in [0.3, 0.4) is 0 Å². The minimum atomic E-state index is -0.0911. The lowest BCUT2D eigenvalue weighted by Gasteiger charge is -2.25. The number of aryl methyl sites for hydroxylation is 1. The van der Waals surface area contributed by atoms with Gasteiger partial charge in [-0.05, 0) is 50.3 Å². The third-order valence-corrected chi connectivity index (χ3v) is 7.51. The molecule has 254 valence electrons. The van der Waals surface area contributed by atoms with Crippen molar-refractivity contribution >= 4 is 11.0 Å². The third-order valence-electron chi connectivity index (χ3n) is 7.51. The number of nitrogens with one attached hydrogen (secondary N) is 1. The Labute approximate surface area is 268 Å². The second-order valence-corrected chi connectivity index (χ2v) is 11.1. The summed E-state index contributed by atoms with van der Waals surface area (Å²) in [6.45, 7) is 12.6. The molecule has 6 rings (SSSR count). The van der Waals surface area contributed by atoms with Gasteiger partial charge in [0, 0.05) is 72.1 Å². The van der Waals surface area contributed by atoms with Gasteiger partial charge in [0.15, 0.2) is 0 Å². The van der Waals surface area contributed by atoms with Crippen molar-refractivity contribution in [3.63, 3.8) is 0 Å². The average molecular weight is 631 g/mol. The summed E-state index contributed by atoms with van der Waals surface area (Å²) in [5.74, 6) is 0. The van der Waals surface area contributed by atoms with Crippen molar-refractivity contribution in [2.45, 2.75) is 57.9 Å². The largest absolute Gasteiger partial charge is 0.379 e. The lowest BCUT2D eigenvalue weighted by molar-refractivity contribution is 0.0394. The zero-order chi connectivity index (χ0) is 32.7. The van der Waals surface area contributed by atoms with Gasteiger partial charge in [0.1, 0.15) is 0 Å². The Morgan fingerprint density at radius 2 is 1.36 bits per heavy atom. The molecular weight excluding hydrogens is 572 g/mol. The number of benzene rings is 2. The monoisotopic (exact) mass is 630 g/mol. The summed E-state index contributed by atoms with van der Waals surface area (Å²) in [6.07, 6.45) is 5.47. The fourth-order valence-electron chi connectivity index (χ4n) is 4.85. The number of nitrogens with zero attached hydrogens (tertiary/aromatic N) is 2. The smallest absolute Gasteiger partial charge is 0.326 e. The Morgan fingerprint density at radius 1 is 0.778 bits per heavy atom. The molecule has 4 heterocycles. The molecule has 3 aliphatic heterocycles. The Kier molecular flexibility index (Phi) is 20.3. The fourth-order valence-corrected chi connectivity index (χ4v) is 4.85. The van der Waals surface area contributed by atoms with Gasteiger partial charge in [0.25, 0.3) is 0 Å². The molecular formula is C33H58N8O4. The first-order valence-corrected chi connectivity index (χ1v) is 16.2. The number of aromatic amines is 1. The van der Waals surface area contributed by atoms with Crippen LogP contribution in [0.2, 0.25) is 0 Å². The van der Waals surface area contributed by atoms with Gasteiger partial charge < -0.3 is 47.9 Å². The van der Waals surface area contributed by atoms with Crippen molar-refractivity contribution in [2.24, 2.45) is 28.7 Å². The normalized spacial score (nSPS) is 19.2. The highest BCUT2D eigenvalue weighted by atomic mass is 16.5. The number of nitrogens with two attached hydrogens (primary N) is 5. The molecule has 3 saturated heterocycles. The predicted molar refractivity (Wildman–Crippen MR) is 183 cm³/mol. The Balaban J connectivity index is 0.000000200. The van der Waals surface area contributed by atoms with E-state index in [1.54, 1.807) is 4.57 Å². The van der Waals surface area contributed by atoms with E-state index in [4.69, 9.17) is 42.9 Å². The van der Waals surface area contributed by atoms with Gasteiger partial charge >= 0.3 is 5.69 Å². The van der Waals surface area contributed by atoms with Crippen molar-refractivity contribution in [3.05, 3.63) is 70.1 Å². The molecule has 45 heavy (non-hydrogen) atoms. The van der Waals surface area contributed by atoms with Crippen molar-refractivity contribution in [1.82, 2.24) is 14.5 Å². The van der Waals surface area contributed by atoms with Gasteiger partial charge in [-0.1, -0.05) is 42.0 Å². The first-order chi connectivity index (χ1) is 21.9. The van der Waals surface area contributed by atoms with Crippen LogP contribution in [0.25, 0.3) is 11.0 Å². The van der Waals surface area contributed by atoms with Crippen molar-refractivity contribution in [3.8, 4) is 0 Å². The number of imidazole rings is 1. The van der Waals surface area contributed by atoms with Gasteiger partial charge in [-0.3, -0.25) is 9.47 Å². The van der Waals surface area contributed by atoms with E-state index >= 15 is 0 Å². The van der Waals surface area contributed by atoms with Gasteiger partial charge in [-0.25, -0.2) is 4.79 Å². The Morgan fingerprint density at radius 3 is 1.82 bits per heavy atom. The molecule has 0 spiro atoms. The summed E-state index contributed by atoms with van der Waals surface area (Å²) in [6, 6.07) is 15.8. The molecule has 0 unspecified atom stereocenters. The summed E-state index contributed by atoms with van der Waals surface area (Å²) < 4.78 is 17.2. The van der Waals surface area contributed by atoms with E-state index in [-0.39, 0.29) is 5.69 Å². The number of fused-ring (bicyclic) bond motifs is 1. The zero-order valence-corrected chi connectivity index (χ0v) is 27.2. The van der Waals surface area contributed by atoms with Gasteiger partial charge in [-0.2, -0.15) is 0 Å². The summed E-state index contributed by atoms with van der Waals surface area (Å²) in [5, 5.41) is 0. The number of ether oxygens (including phenoxy) is 3. The van der Waals surface area contributed by atoms with Crippen LogP contribution in [0.4, 0.5) is 0 Å². The maximum atomic E-state index is 11.4. The van der Waals surface area contributed by atoms with Gasteiger partial charge in [-0.15, -0.1) is 0 Å². The summed E-state index contributed by atoms with van der Waals surface area (Å²) in [5.41, 5.74) is 31.0. The molecule has 3 aromatic rings. The molecule has 12 nitrogen and oxygen atoms in total. The van der Waals surface area contributed by atoms with Crippen LogP contribution in [-0.4, -0.2) is 98.9 Å². The third kappa shape index (κ3) is 15.5. The molecule has 0 bridgehead atoms. The minimum absolute atomic E-state index is 0.0911. The van der Waals surface area contributed by atoms with E-state index in [0.29, 0.717) is 44.9 Å². The molecule has 0 saturated carbocycles. The van der Waals surface area contributed by atoms with Crippen LogP contribution in [0, 0.1) is 6.92 Å². The molecule has 0 amide bonds. The summed E-state index contributed by atoms with van der Waals surface area (Å²) in [7, 11) is 0. The fraction of sp³-hybridized carbons (Fsp3) is 0.606. The van der Waals surface area contributed by atoms with E-state index in [2.05, 4.69) is 41.1 Å². The van der Waals surface area contributed by atoms with Crippen LogP contribution in [0.1, 0.15) is 36.8 Å². The van der Waals surface area contributed by atoms with Crippen molar-refractivity contribution in [1.29, 1.82) is 0 Å². The number of hydrogen-bond acceptors (Lipinski definition) is 10. The standard InChI is InChI=1S/C9H11N3O.C8H11N.C6H14N2O.2C5H11NO/c10-5-6-12-8-4-2-1-3-7(8)11-9(12)13;1-7-2-4-8(6-9)5-3-7;7-1-2-8-3-5-9-6-4-8;2*6-4-5-2-1-3-7-5/h1-4H,5-6,10H2,(H,11,13);2-5H,6,9H2,1H3;1-7H2;2*5H,1-4,6H2/t;;;2*5-/m...10/s1. The van der Waals surface area contributed by atoms with Crippen LogP contribution in [-0.2, 0) is 27.3 Å². The SMILES string of the molecule is Cc1ccc(CN)cc1.NCCN1CCOCC1.NCCn1c(=O)[nH]c2ccccc21.NC[C@@H]1CCCO1.NC[C@H]1CCCO1. The maximum absolute atomic E-state index is 11.4. The predicted octanol–water partition coefficient (Wildman–Crippen LogP) is 1.27. The number of para-hydroxylation sites is 2. The van der Waals surface area contributed by atoms with Crippen molar-refractivity contribution in [2.75, 3.05) is 72.2 Å². The zero-order valence-electron chi connectivity index (χ0n) is 27.2. The number of aromatic nitrogens is 2. The molecule has 11 N–H and O–H groups in total. The molecule has 2 aromatic carbocycles. The van der Waals surface area contributed by atoms with Crippen LogP contribution in [0.5, 0.6) is 0 Å². The quantitative estimate of drug-likeness (QED) is 0.221. The number of H-pyrrole nitrogens is 1. The van der Waals surface area contributed by atoms with E-state index in [1.165, 1.54) is 24.0 Å². The lowest BCUT2D eigenvalue weighted by Crippen LogP contribution is -2.39. The molecule has 12 heteroatoms. The Hall–Kier alpha value is -2.65. The summed E-state index contributed by atoms with van der Waals surface area (Å²) in [4.78, 5) is 16.5. The molecule has 2 atom stereocenters. The second kappa shape index (κ2) is 23.7. The molecule has 3 aliphatic rings. The molecule has 3 fully saturated rings. The highest BCUT2D eigenvalue weighted by Gasteiger charge is 2.12. The van der Waals surface area contributed by atoms with E-state index < -0.39 is 0 Å². The number of hydrogen-bond donors (Lipinski definition) is 6. The van der Waals surface area contributed by atoms with Crippen molar-refractivity contribution < 1.29 is 14.2 Å². The first-order valence-electron chi connectivity index (χ1n) is 16.2. The number of rotatable bonds is 7. The van der Waals surface area contributed by atoms with Gasteiger partial charge in [0.05, 0.1) is 36.5 Å². The number of morpholine rings is 1. The molecule has 0 aliphatic carbocycles. The maximum Gasteiger partial charge on any atom is 0.326 e. The van der Waals surface area contributed by atoms with E-state index in [9.17, 15) is 4.79 Å². The van der Waals surface area contributed by atoms with Crippen LogP contribution in [0.15, 0.2) is 53.3 Å². The van der Waals surface area contributed by atoms with E-state index in [1.807, 2.05) is 24.3 Å². The lowest BCUT2D eigenvalue weighted by atomic mass is 10.2. The highest BCUT2D eigenvalue weighted by molar-refractivity contribution is 5.74. The molecule has 0 radical (unpaired) electrons. The minimum Gasteiger partial charge on any atom is -0.379 e. The van der Waals surface area contributed by atoms with Gasteiger partial charge in [0.2, 0.25) is 0 Å².